The van der Waals surface area contributed by atoms with Crippen LogP contribution in [0.2, 0.25) is 0 Å². The summed E-state index contributed by atoms with van der Waals surface area (Å²) in [6.07, 6.45) is 3.19. The lowest BCUT2D eigenvalue weighted by atomic mass is 10.2. The highest BCUT2D eigenvalue weighted by Crippen LogP contribution is 2.36. The Morgan fingerprint density at radius 2 is 2.08 bits per heavy atom. The zero-order chi connectivity index (χ0) is 18.1. The van der Waals surface area contributed by atoms with E-state index >= 15 is 0 Å². The van der Waals surface area contributed by atoms with Crippen LogP contribution < -0.4 is 4.74 Å². The molecular formula is C19H15N3O3S. The first-order chi connectivity index (χ1) is 12.7. The number of pyridine rings is 1. The second-order valence-electron chi connectivity index (χ2n) is 5.60. The Kier molecular flexibility index (Phi) is 4.22. The van der Waals surface area contributed by atoms with Crippen LogP contribution in [0, 0.1) is 6.92 Å². The SMILES string of the molecule is CCOC(=O)c1sc2ncnc(Oc3ccc4ncccc4c3)c2c1C. The lowest BCUT2D eigenvalue weighted by molar-refractivity contribution is 0.0531. The Balaban J connectivity index is 1.77. The van der Waals surface area contributed by atoms with E-state index in [1.807, 2.05) is 37.3 Å². The zero-order valence-electron chi connectivity index (χ0n) is 14.2. The molecule has 0 unspecified atom stereocenters. The summed E-state index contributed by atoms with van der Waals surface area (Å²) in [5.74, 6) is 0.715. The molecule has 0 atom stereocenters. The molecule has 0 fully saturated rings. The van der Waals surface area contributed by atoms with Gasteiger partial charge in [-0.25, -0.2) is 14.8 Å². The summed E-state index contributed by atoms with van der Waals surface area (Å²) in [5.41, 5.74) is 1.66. The number of hydrogen-bond donors (Lipinski definition) is 0. The van der Waals surface area contributed by atoms with E-state index in [-0.39, 0.29) is 5.97 Å². The number of nitrogens with zero attached hydrogens (tertiary/aromatic N) is 3. The minimum absolute atomic E-state index is 0.326. The van der Waals surface area contributed by atoms with Gasteiger partial charge in [0.1, 0.15) is 21.8 Å². The molecule has 0 aliphatic rings. The smallest absolute Gasteiger partial charge is 0.348 e. The molecule has 0 saturated carbocycles. The fourth-order valence-electron chi connectivity index (χ4n) is 2.74. The standard InChI is InChI=1S/C19H15N3O3S/c1-3-24-19(23)16-11(2)15-17(21-10-22-18(15)26-16)25-13-6-7-14-12(9-13)5-4-8-20-14/h4-10H,3H2,1-2H3. The average Bonchev–Trinajstić information content (AvgIpc) is 3.00. The molecule has 3 heterocycles. The molecule has 4 aromatic rings. The fourth-order valence-corrected chi connectivity index (χ4v) is 3.77. The van der Waals surface area contributed by atoms with Gasteiger partial charge in [-0.1, -0.05) is 6.07 Å². The number of benzene rings is 1. The quantitative estimate of drug-likeness (QED) is 0.495. The van der Waals surface area contributed by atoms with Crippen molar-refractivity contribution in [2.75, 3.05) is 6.61 Å². The van der Waals surface area contributed by atoms with Crippen molar-refractivity contribution >= 4 is 38.4 Å². The Hall–Kier alpha value is -3.06. The fraction of sp³-hybridized carbons (Fsp3) is 0.158. The minimum atomic E-state index is -0.351. The van der Waals surface area contributed by atoms with Crippen LogP contribution in [0.3, 0.4) is 0 Å². The third kappa shape index (κ3) is 2.86. The van der Waals surface area contributed by atoms with E-state index in [1.165, 1.54) is 17.7 Å². The number of aromatic nitrogens is 3. The van der Waals surface area contributed by atoms with Gasteiger partial charge >= 0.3 is 5.97 Å². The van der Waals surface area contributed by atoms with Crippen molar-refractivity contribution in [2.24, 2.45) is 0 Å². The number of hydrogen-bond acceptors (Lipinski definition) is 7. The molecule has 4 rings (SSSR count). The van der Waals surface area contributed by atoms with Gasteiger partial charge in [0.15, 0.2) is 0 Å². The van der Waals surface area contributed by atoms with Crippen molar-refractivity contribution in [3.8, 4) is 11.6 Å². The van der Waals surface area contributed by atoms with Crippen LogP contribution in [0.25, 0.3) is 21.1 Å². The van der Waals surface area contributed by atoms with Gasteiger partial charge in [0.25, 0.3) is 0 Å². The molecule has 0 amide bonds. The monoisotopic (exact) mass is 365 g/mol. The summed E-state index contributed by atoms with van der Waals surface area (Å²) in [5, 5.41) is 1.70. The zero-order valence-corrected chi connectivity index (χ0v) is 15.0. The Morgan fingerprint density at radius 3 is 2.92 bits per heavy atom. The Bertz CT molecular complexity index is 1120. The van der Waals surface area contributed by atoms with Gasteiger partial charge in [-0.2, -0.15) is 0 Å². The Morgan fingerprint density at radius 1 is 1.19 bits per heavy atom. The number of rotatable bonds is 4. The summed E-state index contributed by atoms with van der Waals surface area (Å²) in [6.45, 7) is 3.96. The average molecular weight is 365 g/mol. The summed E-state index contributed by atoms with van der Waals surface area (Å²) in [7, 11) is 0. The largest absolute Gasteiger partial charge is 0.462 e. The van der Waals surface area contributed by atoms with Crippen LogP contribution in [-0.2, 0) is 4.74 Å². The molecule has 3 aromatic heterocycles. The summed E-state index contributed by atoms with van der Waals surface area (Å²) in [4.78, 5) is 26.2. The highest BCUT2D eigenvalue weighted by atomic mass is 32.1. The van der Waals surface area contributed by atoms with Gasteiger partial charge in [-0.15, -0.1) is 11.3 Å². The topological polar surface area (TPSA) is 74.2 Å². The van der Waals surface area contributed by atoms with E-state index in [9.17, 15) is 4.79 Å². The van der Waals surface area contributed by atoms with Crippen molar-refractivity contribution in [3.63, 3.8) is 0 Å². The van der Waals surface area contributed by atoms with Gasteiger partial charge in [-0.05, 0) is 43.7 Å². The van der Waals surface area contributed by atoms with Crippen molar-refractivity contribution in [3.05, 3.63) is 53.3 Å². The predicted molar refractivity (Wildman–Crippen MR) is 99.9 cm³/mol. The van der Waals surface area contributed by atoms with Crippen LogP contribution in [0.1, 0.15) is 22.2 Å². The van der Waals surface area contributed by atoms with E-state index in [1.54, 1.807) is 13.1 Å². The van der Waals surface area contributed by atoms with E-state index < -0.39 is 0 Å². The molecule has 0 aliphatic carbocycles. The van der Waals surface area contributed by atoms with Crippen LogP contribution in [0.15, 0.2) is 42.9 Å². The van der Waals surface area contributed by atoms with Crippen LogP contribution >= 0.6 is 11.3 Å². The molecule has 0 aliphatic heterocycles. The maximum atomic E-state index is 12.1. The molecule has 0 radical (unpaired) electrons. The van der Waals surface area contributed by atoms with Crippen molar-refractivity contribution in [2.45, 2.75) is 13.8 Å². The maximum absolute atomic E-state index is 12.1. The molecule has 6 nitrogen and oxygen atoms in total. The third-order valence-electron chi connectivity index (χ3n) is 3.94. The second kappa shape index (κ2) is 6.68. The number of aryl methyl sites for hydroxylation is 1. The number of carbonyl (C=O) groups is 1. The summed E-state index contributed by atoms with van der Waals surface area (Å²) >= 11 is 1.28. The van der Waals surface area contributed by atoms with Gasteiger partial charge in [-0.3, -0.25) is 4.98 Å². The lowest BCUT2D eigenvalue weighted by Crippen LogP contribution is -2.03. The van der Waals surface area contributed by atoms with Gasteiger partial charge < -0.3 is 9.47 Å². The first kappa shape index (κ1) is 16.4. The first-order valence-electron chi connectivity index (χ1n) is 8.11. The maximum Gasteiger partial charge on any atom is 0.348 e. The summed E-state index contributed by atoms with van der Waals surface area (Å²) < 4.78 is 11.1. The molecule has 26 heavy (non-hydrogen) atoms. The highest BCUT2D eigenvalue weighted by molar-refractivity contribution is 7.20. The van der Waals surface area contributed by atoms with Gasteiger partial charge in [0, 0.05) is 11.6 Å². The highest BCUT2D eigenvalue weighted by Gasteiger charge is 2.21. The van der Waals surface area contributed by atoms with Gasteiger partial charge in [0.05, 0.1) is 17.5 Å². The molecule has 7 heteroatoms. The molecule has 130 valence electrons. The number of ether oxygens (including phenoxy) is 2. The predicted octanol–water partition coefficient (Wildman–Crippen LogP) is 4.52. The number of esters is 1. The van der Waals surface area contributed by atoms with Crippen LogP contribution in [0.4, 0.5) is 0 Å². The van der Waals surface area contributed by atoms with E-state index in [0.717, 1.165) is 21.9 Å². The molecule has 0 N–H and O–H groups in total. The number of thiophene rings is 1. The van der Waals surface area contributed by atoms with Crippen molar-refractivity contribution in [1.29, 1.82) is 0 Å². The molecule has 1 aromatic carbocycles. The third-order valence-corrected chi connectivity index (χ3v) is 5.12. The number of fused-ring (bicyclic) bond motifs is 2. The van der Waals surface area contributed by atoms with E-state index in [2.05, 4.69) is 15.0 Å². The van der Waals surface area contributed by atoms with Crippen molar-refractivity contribution in [1.82, 2.24) is 15.0 Å². The molecular weight excluding hydrogens is 350 g/mol. The molecule has 0 bridgehead atoms. The normalized spacial score (nSPS) is 11.0. The number of carbonyl (C=O) groups excluding carboxylic acids is 1. The van der Waals surface area contributed by atoms with Crippen molar-refractivity contribution < 1.29 is 14.3 Å². The second-order valence-corrected chi connectivity index (χ2v) is 6.59. The van der Waals surface area contributed by atoms with E-state index in [4.69, 9.17) is 9.47 Å². The van der Waals surface area contributed by atoms with Gasteiger partial charge in [0.2, 0.25) is 5.88 Å². The molecule has 0 spiro atoms. The Labute approximate surface area is 153 Å². The van der Waals surface area contributed by atoms with E-state index in [0.29, 0.717) is 27.9 Å². The van der Waals surface area contributed by atoms with Crippen LogP contribution in [-0.4, -0.2) is 27.5 Å². The summed E-state index contributed by atoms with van der Waals surface area (Å²) in [6, 6.07) is 9.50. The molecule has 0 saturated heterocycles. The van der Waals surface area contributed by atoms with Crippen LogP contribution in [0.5, 0.6) is 11.6 Å². The first-order valence-corrected chi connectivity index (χ1v) is 8.93. The minimum Gasteiger partial charge on any atom is -0.462 e. The lowest BCUT2D eigenvalue weighted by Gasteiger charge is -2.07.